The normalized spacial score (nSPS) is 18.3. The second-order valence-electron chi connectivity index (χ2n) is 7.26. The summed E-state index contributed by atoms with van der Waals surface area (Å²) in [5.74, 6) is -0.150. The molecule has 3 rings (SSSR count). The summed E-state index contributed by atoms with van der Waals surface area (Å²) in [5, 5.41) is 15.4. The van der Waals surface area contributed by atoms with Crippen molar-refractivity contribution in [3.8, 4) is 0 Å². The predicted octanol–water partition coefficient (Wildman–Crippen LogP) is 4.94. The van der Waals surface area contributed by atoms with E-state index in [0.717, 1.165) is 43.0 Å². The molecule has 1 heterocycles. The fourth-order valence-electron chi connectivity index (χ4n) is 3.53. The summed E-state index contributed by atoms with van der Waals surface area (Å²) in [6, 6.07) is 8.57. The van der Waals surface area contributed by atoms with Gasteiger partial charge in [-0.2, -0.15) is 18.2 Å². The lowest BCUT2D eigenvalue weighted by molar-refractivity contribution is -0.137. The zero-order chi connectivity index (χ0) is 20.9. The van der Waals surface area contributed by atoms with Crippen LogP contribution in [0, 0.1) is 0 Å². The van der Waals surface area contributed by atoms with E-state index in [9.17, 15) is 18.3 Å². The van der Waals surface area contributed by atoms with Gasteiger partial charge in [-0.3, -0.25) is 0 Å². The van der Waals surface area contributed by atoms with Crippen LogP contribution >= 0.6 is 0 Å². The molecule has 0 bridgehead atoms. The molecule has 0 spiro atoms. The number of rotatable bonds is 7. The number of aliphatic hydroxyl groups is 1. The minimum Gasteiger partial charge on any atom is -0.396 e. The molecule has 1 aromatic heterocycles. The van der Waals surface area contributed by atoms with E-state index in [2.05, 4.69) is 27.2 Å². The average Bonchev–Trinajstić information content (AvgIpc) is 2.68. The van der Waals surface area contributed by atoms with Crippen LogP contribution in [0.5, 0.6) is 0 Å². The number of halogens is 3. The van der Waals surface area contributed by atoms with Gasteiger partial charge < -0.3 is 15.7 Å². The standard InChI is InChI=1S/C21H25F3N4O/c1-14-6-5-9-16(12-14)26-20-25-13-17(21(22,23)24)19(28-20)27-18(10-11-29)15-7-3-2-4-8-15/h2-4,7-8,13,16,18,29H,1,5-6,9-12H2,(H2,25,26,27,28). The summed E-state index contributed by atoms with van der Waals surface area (Å²) in [4.78, 5) is 8.03. The van der Waals surface area contributed by atoms with Crippen molar-refractivity contribution in [1.29, 1.82) is 0 Å². The van der Waals surface area contributed by atoms with Crippen molar-refractivity contribution in [1.82, 2.24) is 9.97 Å². The Balaban J connectivity index is 1.88. The first-order chi connectivity index (χ1) is 13.9. The predicted molar refractivity (Wildman–Crippen MR) is 107 cm³/mol. The number of nitrogens with one attached hydrogen (secondary N) is 2. The molecule has 0 radical (unpaired) electrons. The Morgan fingerprint density at radius 2 is 2.00 bits per heavy atom. The highest BCUT2D eigenvalue weighted by Crippen LogP contribution is 2.36. The molecule has 1 aliphatic carbocycles. The van der Waals surface area contributed by atoms with Crippen molar-refractivity contribution in [3.63, 3.8) is 0 Å². The number of aliphatic hydroxyl groups excluding tert-OH is 1. The molecule has 1 fully saturated rings. The number of hydrogen-bond acceptors (Lipinski definition) is 5. The Morgan fingerprint density at radius 1 is 1.24 bits per heavy atom. The molecule has 0 amide bonds. The summed E-state index contributed by atoms with van der Waals surface area (Å²) in [5.41, 5.74) is 0.951. The first kappa shape index (κ1) is 21.1. The fraction of sp³-hybridized carbons (Fsp3) is 0.429. The van der Waals surface area contributed by atoms with Crippen LogP contribution in [0.25, 0.3) is 0 Å². The Labute approximate surface area is 168 Å². The lowest BCUT2D eigenvalue weighted by Crippen LogP contribution is -2.25. The summed E-state index contributed by atoms with van der Waals surface area (Å²) < 4.78 is 40.6. The van der Waals surface area contributed by atoms with E-state index >= 15 is 0 Å². The number of hydrogen-bond donors (Lipinski definition) is 3. The highest BCUT2D eigenvalue weighted by molar-refractivity contribution is 5.50. The molecular weight excluding hydrogens is 381 g/mol. The van der Waals surface area contributed by atoms with E-state index < -0.39 is 17.8 Å². The molecule has 1 aliphatic rings. The quantitative estimate of drug-likeness (QED) is 0.568. The van der Waals surface area contributed by atoms with Gasteiger partial charge in [-0.05, 0) is 37.7 Å². The largest absolute Gasteiger partial charge is 0.421 e. The summed E-state index contributed by atoms with van der Waals surface area (Å²) in [6.07, 6.45) is 0.0501. The van der Waals surface area contributed by atoms with Gasteiger partial charge in [0.1, 0.15) is 11.4 Å². The van der Waals surface area contributed by atoms with Gasteiger partial charge in [-0.15, -0.1) is 0 Å². The molecule has 1 aromatic carbocycles. The van der Waals surface area contributed by atoms with E-state index in [1.54, 1.807) is 24.3 Å². The third kappa shape index (κ3) is 5.69. The van der Waals surface area contributed by atoms with Crippen LogP contribution in [0.2, 0.25) is 0 Å². The highest BCUT2D eigenvalue weighted by Gasteiger charge is 2.36. The summed E-state index contributed by atoms with van der Waals surface area (Å²) >= 11 is 0. The van der Waals surface area contributed by atoms with Gasteiger partial charge in [0.05, 0.1) is 6.04 Å². The summed E-state index contributed by atoms with van der Waals surface area (Å²) in [6.45, 7) is 3.83. The number of anilines is 2. The maximum Gasteiger partial charge on any atom is 0.421 e. The second kappa shape index (κ2) is 9.26. The van der Waals surface area contributed by atoms with Crippen LogP contribution in [-0.2, 0) is 6.18 Å². The smallest absolute Gasteiger partial charge is 0.396 e. The minimum absolute atomic E-state index is 0.0585. The number of benzene rings is 1. The molecular formula is C21H25F3N4O. The van der Waals surface area contributed by atoms with Crippen LogP contribution < -0.4 is 10.6 Å². The van der Waals surface area contributed by atoms with Gasteiger partial charge in [0, 0.05) is 18.8 Å². The summed E-state index contributed by atoms with van der Waals surface area (Å²) in [7, 11) is 0. The molecule has 3 N–H and O–H groups in total. The van der Waals surface area contributed by atoms with E-state index in [1.165, 1.54) is 0 Å². The molecule has 2 atom stereocenters. The fourth-order valence-corrected chi connectivity index (χ4v) is 3.53. The van der Waals surface area contributed by atoms with Crippen LogP contribution in [0.15, 0.2) is 48.7 Å². The first-order valence-electron chi connectivity index (χ1n) is 9.66. The highest BCUT2D eigenvalue weighted by atomic mass is 19.4. The lowest BCUT2D eigenvalue weighted by Gasteiger charge is -2.26. The second-order valence-corrected chi connectivity index (χ2v) is 7.26. The molecule has 29 heavy (non-hydrogen) atoms. The van der Waals surface area contributed by atoms with Crippen molar-refractivity contribution in [2.45, 2.75) is 50.4 Å². The number of nitrogens with zero attached hydrogens (tertiary/aromatic N) is 2. The van der Waals surface area contributed by atoms with Gasteiger partial charge in [0.15, 0.2) is 0 Å². The van der Waals surface area contributed by atoms with Gasteiger partial charge >= 0.3 is 6.18 Å². The van der Waals surface area contributed by atoms with E-state index in [1.807, 2.05) is 6.07 Å². The van der Waals surface area contributed by atoms with Crippen LogP contribution in [-0.4, -0.2) is 27.7 Å². The third-order valence-corrected chi connectivity index (χ3v) is 4.98. The molecule has 156 valence electrons. The van der Waals surface area contributed by atoms with Crippen molar-refractivity contribution >= 4 is 11.8 Å². The maximum absolute atomic E-state index is 13.5. The molecule has 0 saturated heterocycles. The van der Waals surface area contributed by atoms with Crippen molar-refractivity contribution < 1.29 is 18.3 Å². The zero-order valence-corrected chi connectivity index (χ0v) is 16.0. The number of alkyl halides is 3. The number of aromatic nitrogens is 2. The van der Waals surface area contributed by atoms with E-state index in [0.29, 0.717) is 0 Å². The van der Waals surface area contributed by atoms with Gasteiger partial charge in [0.2, 0.25) is 5.95 Å². The minimum atomic E-state index is -4.60. The third-order valence-electron chi connectivity index (χ3n) is 4.98. The van der Waals surface area contributed by atoms with Crippen LogP contribution in [0.1, 0.15) is 49.3 Å². The van der Waals surface area contributed by atoms with Crippen LogP contribution in [0.3, 0.4) is 0 Å². The molecule has 2 unspecified atom stereocenters. The molecule has 2 aromatic rings. The van der Waals surface area contributed by atoms with Gasteiger partial charge in [-0.25, -0.2) is 4.98 Å². The topological polar surface area (TPSA) is 70.1 Å². The lowest BCUT2D eigenvalue weighted by atomic mass is 9.92. The Morgan fingerprint density at radius 3 is 2.66 bits per heavy atom. The first-order valence-corrected chi connectivity index (χ1v) is 9.66. The molecule has 0 aliphatic heterocycles. The Hall–Kier alpha value is -2.61. The SMILES string of the molecule is C=C1CCCC(Nc2ncc(C(F)(F)F)c(NC(CCO)c3ccccc3)n2)C1. The Bertz CT molecular complexity index is 826. The molecule has 1 saturated carbocycles. The maximum atomic E-state index is 13.5. The zero-order valence-electron chi connectivity index (χ0n) is 16.0. The van der Waals surface area contributed by atoms with Crippen LogP contribution in [0.4, 0.5) is 24.9 Å². The van der Waals surface area contributed by atoms with Crippen molar-refractivity contribution in [3.05, 3.63) is 59.8 Å². The monoisotopic (exact) mass is 406 g/mol. The van der Waals surface area contributed by atoms with Crippen molar-refractivity contribution in [2.24, 2.45) is 0 Å². The van der Waals surface area contributed by atoms with E-state index in [4.69, 9.17) is 0 Å². The van der Waals surface area contributed by atoms with Gasteiger partial charge in [0.25, 0.3) is 0 Å². The molecule has 5 nitrogen and oxygen atoms in total. The van der Waals surface area contributed by atoms with Gasteiger partial charge in [-0.1, -0.05) is 42.5 Å². The van der Waals surface area contributed by atoms with Crippen molar-refractivity contribution in [2.75, 3.05) is 17.2 Å². The molecule has 8 heteroatoms. The van der Waals surface area contributed by atoms with E-state index in [-0.39, 0.29) is 30.8 Å². The Kier molecular flexibility index (Phi) is 6.74. The average molecular weight is 406 g/mol.